The molecule has 0 aliphatic heterocycles. The van der Waals surface area contributed by atoms with Crippen molar-refractivity contribution in [1.82, 2.24) is 9.97 Å². The fourth-order valence-corrected chi connectivity index (χ4v) is 2.34. The molecule has 0 atom stereocenters. The molecule has 2 fully saturated rings. The van der Waals surface area contributed by atoms with Gasteiger partial charge in [0.15, 0.2) is 0 Å². The van der Waals surface area contributed by atoms with Gasteiger partial charge in [0.05, 0.1) is 17.4 Å². The zero-order chi connectivity index (χ0) is 10.3. The Morgan fingerprint density at radius 3 is 2.53 bits per heavy atom. The summed E-state index contributed by atoms with van der Waals surface area (Å²) in [5, 5.41) is 3.90. The molecule has 80 valence electrons. The Labute approximate surface area is 94.3 Å². The topological polar surface area (TPSA) is 37.8 Å². The number of nitrogens with one attached hydrogen (secondary N) is 1. The van der Waals surface area contributed by atoms with Gasteiger partial charge in [-0.15, -0.1) is 0 Å². The number of hydrogen-bond donors (Lipinski definition) is 1. The molecule has 1 heterocycles. The fourth-order valence-electron chi connectivity index (χ4n) is 2.24. The summed E-state index contributed by atoms with van der Waals surface area (Å²) in [5.74, 6) is 1.67. The van der Waals surface area contributed by atoms with Crippen molar-refractivity contribution in [2.75, 3.05) is 11.9 Å². The van der Waals surface area contributed by atoms with Crippen molar-refractivity contribution in [3.8, 4) is 0 Å². The molecule has 0 aromatic carbocycles. The Kier molecular flexibility index (Phi) is 2.09. The van der Waals surface area contributed by atoms with Gasteiger partial charge in [-0.05, 0) is 37.0 Å². The SMILES string of the molecule is Clc1cnc(NCC2(C3CC3)CC2)nc1. The lowest BCUT2D eigenvalue weighted by Gasteiger charge is -2.14. The molecule has 0 amide bonds. The molecule has 0 bridgehead atoms. The quantitative estimate of drug-likeness (QED) is 0.853. The summed E-state index contributed by atoms with van der Waals surface area (Å²) in [6.45, 7) is 1.03. The highest BCUT2D eigenvalue weighted by atomic mass is 35.5. The van der Waals surface area contributed by atoms with Crippen LogP contribution in [0.1, 0.15) is 25.7 Å². The highest BCUT2D eigenvalue weighted by Crippen LogP contribution is 2.61. The molecular weight excluding hydrogens is 210 g/mol. The Hall–Kier alpha value is -0.830. The van der Waals surface area contributed by atoms with Gasteiger partial charge in [0.25, 0.3) is 0 Å². The van der Waals surface area contributed by atoms with E-state index in [-0.39, 0.29) is 0 Å². The van der Waals surface area contributed by atoms with Crippen LogP contribution in [-0.4, -0.2) is 16.5 Å². The number of anilines is 1. The third kappa shape index (κ3) is 1.93. The highest BCUT2D eigenvalue weighted by molar-refractivity contribution is 6.30. The number of rotatable bonds is 4. The van der Waals surface area contributed by atoms with Gasteiger partial charge in [-0.25, -0.2) is 9.97 Å². The van der Waals surface area contributed by atoms with E-state index in [0.29, 0.717) is 16.4 Å². The number of hydrogen-bond acceptors (Lipinski definition) is 3. The van der Waals surface area contributed by atoms with Crippen molar-refractivity contribution in [2.45, 2.75) is 25.7 Å². The maximum Gasteiger partial charge on any atom is 0.222 e. The monoisotopic (exact) mass is 223 g/mol. The van der Waals surface area contributed by atoms with Gasteiger partial charge >= 0.3 is 0 Å². The maximum atomic E-state index is 5.72. The van der Waals surface area contributed by atoms with Gasteiger partial charge in [0.1, 0.15) is 0 Å². The summed E-state index contributed by atoms with van der Waals surface area (Å²) in [7, 11) is 0. The molecule has 1 N–H and O–H groups in total. The van der Waals surface area contributed by atoms with Crippen LogP contribution in [0.4, 0.5) is 5.95 Å². The zero-order valence-electron chi connectivity index (χ0n) is 8.54. The van der Waals surface area contributed by atoms with E-state index >= 15 is 0 Å². The first-order valence-corrected chi connectivity index (χ1v) is 5.88. The van der Waals surface area contributed by atoms with Crippen LogP contribution in [0.15, 0.2) is 12.4 Å². The summed E-state index contributed by atoms with van der Waals surface area (Å²) < 4.78 is 0. The molecular formula is C11H14ClN3. The molecule has 2 saturated carbocycles. The molecule has 0 saturated heterocycles. The summed E-state index contributed by atoms with van der Waals surface area (Å²) in [6, 6.07) is 0. The van der Waals surface area contributed by atoms with Crippen molar-refractivity contribution in [2.24, 2.45) is 11.3 Å². The maximum absolute atomic E-state index is 5.72. The minimum absolute atomic E-state index is 0.586. The van der Waals surface area contributed by atoms with Crippen LogP contribution in [0.3, 0.4) is 0 Å². The van der Waals surface area contributed by atoms with Gasteiger partial charge in [0.2, 0.25) is 5.95 Å². The van der Waals surface area contributed by atoms with E-state index < -0.39 is 0 Å². The number of nitrogens with zero attached hydrogens (tertiary/aromatic N) is 2. The van der Waals surface area contributed by atoms with Crippen LogP contribution in [-0.2, 0) is 0 Å². The molecule has 2 aliphatic rings. The number of aromatic nitrogens is 2. The van der Waals surface area contributed by atoms with Gasteiger partial charge in [-0.1, -0.05) is 11.6 Å². The lowest BCUT2D eigenvalue weighted by Crippen LogP contribution is -2.18. The lowest BCUT2D eigenvalue weighted by molar-refractivity contribution is 0.465. The molecule has 3 nitrogen and oxygen atoms in total. The second-order valence-corrected chi connectivity index (χ2v) is 5.15. The predicted molar refractivity (Wildman–Crippen MR) is 59.9 cm³/mol. The summed E-state index contributed by atoms with van der Waals surface area (Å²) in [5.41, 5.74) is 0.586. The smallest absolute Gasteiger partial charge is 0.222 e. The lowest BCUT2D eigenvalue weighted by atomic mass is 10.0. The molecule has 1 aromatic rings. The van der Waals surface area contributed by atoms with Crippen molar-refractivity contribution < 1.29 is 0 Å². The fraction of sp³-hybridized carbons (Fsp3) is 0.636. The molecule has 4 heteroatoms. The van der Waals surface area contributed by atoms with E-state index in [1.54, 1.807) is 12.4 Å². The Morgan fingerprint density at radius 2 is 2.00 bits per heavy atom. The van der Waals surface area contributed by atoms with Crippen molar-refractivity contribution in [3.05, 3.63) is 17.4 Å². The van der Waals surface area contributed by atoms with Gasteiger partial charge in [0, 0.05) is 6.54 Å². The summed E-state index contributed by atoms with van der Waals surface area (Å²) in [6.07, 6.45) is 8.85. The van der Waals surface area contributed by atoms with E-state index in [9.17, 15) is 0 Å². The second kappa shape index (κ2) is 3.34. The largest absolute Gasteiger partial charge is 0.354 e. The predicted octanol–water partition coefficient (Wildman–Crippen LogP) is 2.73. The van der Waals surface area contributed by atoms with Crippen LogP contribution in [0, 0.1) is 11.3 Å². The molecule has 0 spiro atoms. The minimum Gasteiger partial charge on any atom is -0.354 e. The van der Waals surface area contributed by atoms with E-state index in [1.165, 1.54) is 25.7 Å². The van der Waals surface area contributed by atoms with Crippen LogP contribution < -0.4 is 5.32 Å². The zero-order valence-corrected chi connectivity index (χ0v) is 9.30. The molecule has 0 radical (unpaired) electrons. The minimum atomic E-state index is 0.586. The Morgan fingerprint density at radius 1 is 1.33 bits per heavy atom. The molecule has 1 aromatic heterocycles. The van der Waals surface area contributed by atoms with Crippen LogP contribution in [0.5, 0.6) is 0 Å². The average Bonchev–Trinajstić information content (AvgIpc) is 3.10. The summed E-state index contributed by atoms with van der Waals surface area (Å²) in [4.78, 5) is 8.27. The first kappa shape index (κ1) is 9.40. The van der Waals surface area contributed by atoms with Gasteiger partial charge in [-0.3, -0.25) is 0 Å². The van der Waals surface area contributed by atoms with E-state index in [4.69, 9.17) is 11.6 Å². The Bertz CT molecular complexity index is 355. The standard InChI is InChI=1S/C11H14ClN3/c12-9-5-13-10(14-6-9)15-7-11(3-4-11)8-1-2-8/h5-6,8H,1-4,7H2,(H,13,14,15). The highest BCUT2D eigenvalue weighted by Gasteiger charge is 2.53. The van der Waals surface area contributed by atoms with Crippen LogP contribution >= 0.6 is 11.6 Å². The van der Waals surface area contributed by atoms with E-state index in [1.807, 2.05) is 0 Å². The van der Waals surface area contributed by atoms with E-state index in [0.717, 1.165) is 12.5 Å². The first-order valence-electron chi connectivity index (χ1n) is 5.50. The van der Waals surface area contributed by atoms with Gasteiger partial charge in [-0.2, -0.15) is 0 Å². The third-order valence-corrected chi connectivity index (χ3v) is 3.75. The molecule has 3 rings (SSSR count). The van der Waals surface area contributed by atoms with Crippen molar-refractivity contribution in [1.29, 1.82) is 0 Å². The average molecular weight is 224 g/mol. The first-order chi connectivity index (χ1) is 7.28. The third-order valence-electron chi connectivity index (χ3n) is 3.55. The van der Waals surface area contributed by atoms with E-state index in [2.05, 4.69) is 15.3 Å². The molecule has 15 heavy (non-hydrogen) atoms. The van der Waals surface area contributed by atoms with Crippen LogP contribution in [0.2, 0.25) is 5.02 Å². The Balaban J connectivity index is 1.59. The molecule has 2 aliphatic carbocycles. The summed E-state index contributed by atoms with van der Waals surface area (Å²) >= 11 is 5.72. The van der Waals surface area contributed by atoms with Gasteiger partial charge < -0.3 is 5.32 Å². The normalized spacial score (nSPS) is 22.5. The van der Waals surface area contributed by atoms with Crippen LogP contribution in [0.25, 0.3) is 0 Å². The number of halogens is 1. The van der Waals surface area contributed by atoms with Crippen molar-refractivity contribution >= 4 is 17.5 Å². The van der Waals surface area contributed by atoms with Crippen molar-refractivity contribution in [3.63, 3.8) is 0 Å². The molecule has 0 unspecified atom stereocenters. The second-order valence-electron chi connectivity index (χ2n) is 4.72.